The van der Waals surface area contributed by atoms with Gasteiger partial charge >= 0.3 is 5.97 Å². The topological polar surface area (TPSA) is 93.2 Å². The Balaban J connectivity index is 1.29. The van der Waals surface area contributed by atoms with E-state index in [1.54, 1.807) is 54.5 Å². The largest absolute Gasteiger partial charge is 0.497 e. The molecule has 4 atom stereocenters. The van der Waals surface area contributed by atoms with Gasteiger partial charge in [-0.05, 0) is 36.6 Å². The number of rotatable bonds is 5. The molecule has 35 heavy (non-hydrogen) atoms. The second-order valence-corrected chi connectivity index (χ2v) is 9.19. The summed E-state index contributed by atoms with van der Waals surface area (Å²) in [6.45, 7) is 2.14. The standard InChI is InChI=1S/C27H26N2O6/c1-16-6-3-11-22-24(16)26(32)29(25(22)31)19-8-5-10-21(14-19)35-27(33)17-12-23(30)28(15-17)18-7-4-9-20(13-18)34-2/h3-10,13-14,16-17,22,24H,11-12,15H2,1-2H3/t16-,17-,22+,24+/m1/s1. The highest BCUT2D eigenvalue weighted by atomic mass is 16.5. The van der Waals surface area contributed by atoms with Crippen molar-refractivity contribution in [2.75, 3.05) is 23.5 Å². The normalized spacial score (nSPS) is 25.7. The van der Waals surface area contributed by atoms with Crippen LogP contribution in [-0.2, 0) is 19.2 Å². The molecule has 0 bridgehead atoms. The third-order valence-electron chi connectivity index (χ3n) is 6.99. The third-order valence-corrected chi connectivity index (χ3v) is 6.99. The van der Waals surface area contributed by atoms with Gasteiger partial charge in [0.1, 0.15) is 11.5 Å². The summed E-state index contributed by atoms with van der Waals surface area (Å²) in [7, 11) is 1.55. The monoisotopic (exact) mass is 474 g/mol. The van der Waals surface area contributed by atoms with E-state index >= 15 is 0 Å². The van der Waals surface area contributed by atoms with Crippen molar-refractivity contribution in [3.05, 3.63) is 60.7 Å². The second kappa shape index (κ2) is 9.02. The first-order valence-corrected chi connectivity index (χ1v) is 11.7. The first kappa shape index (κ1) is 22.8. The second-order valence-electron chi connectivity index (χ2n) is 9.19. The summed E-state index contributed by atoms with van der Waals surface area (Å²) in [5.74, 6) is -1.70. The zero-order valence-corrected chi connectivity index (χ0v) is 19.5. The number of hydrogen-bond donors (Lipinski definition) is 0. The van der Waals surface area contributed by atoms with E-state index in [-0.39, 0.29) is 54.2 Å². The number of esters is 1. The number of methoxy groups -OCH3 is 1. The van der Waals surface area contributed by atoms with E-state index in [2.05, 4.69) is 0 Å². The first-order valence-electron chi connectivity index (χ1n) is 11.7. The molecule has 2 fully saturated rings. The zero-order chi connectivity index (χ0) is 24.7. The molecule has 2 saturated heterocycles. The molecule has 0 saturated carbocycles. The lowest BCUT2D eigenvalue weighted by atomic mass is 9.78. The SMILES string of the molecule is COc1cccc(N2C[C@H](C(=O)Oc3cccc(N4C(=O)[C@H]5[C@H](C)C=CC[C@@H]5C4=O)c3)CC2=O)c1. The molecule has 2 aliphatic heterocycles. The van der Waals surface area contributed by atoms with E-state index in [0.29, 0.717) is 23.5 Å². The smallest absolute Gasteiger partial charge is 0.316 e. The summed E-state index contributed by atoms with van der Waals surface area (Å²) in [5.41, 5.74) is 1.04. The Labute approximate surface area is 203 Å². The molecule has 0 spiro atoms. The minimum atomic E-state index is -0.637. The Kier molecular flexibility index (Phi) is 5.88. The highest BCUT2D eigenvalue weighted by molar-refractivity contribution is 6.22. The summed E-state index contributed by atoms with van der Waals surface area (Å²) in [5, 5.41) is 0. The van der Waals surface area contributed by atoms with Gasteiger partial charge in [0.2, 0.25) is 17.7 Å². The lowest BCUT2D eigenvalue weighted by molar-refractivity contribution is -0.139. The number of fused-ring (bicyclic) bond motifs is 1. The van der Waals surface area contributed by atoms with Crippen LogP contribution in [0.25, 0.3) is 0 Å². The maximum atomic E-state index is 13.1. The van der Waals surface area contributed by atoms with E-state index in [1.165, 1.54) is 11.0 Å². The molecule has 8 heteroatoms. The van der Waals surface area contributed by atoms with Crippen molar-refractivity contribution in [3.63, 3.8) is 0 Å². The van der Waals surface area contributed by atoms with Crippen LogP contribution in [0.1, 0.15) is 19.8 Å². The fourth-order valence-electron chi connectivity index (χ4n) is 5.18. The quantitative estimate of drug-likeness (QED) is 0.286. The molecule has 5 rings (SSSR count). The Morgan fingerprint density at radius 3 is 2.43 bits per heavy atom. The molecule has 0 unspecified atom stereocenters. The summed E-state index contributed by atoms with van der Waals surface area (Å²) in [4.78, 5) is 54.3. The van der Waals surface area contributed by atoms with Gasteiger partial charge in [0.05, 0.1) is 30.6 Å². The third kappa shape index (κ3) is 4.09. The van der Waals surface area contributed by atoms with Gasteiger partial charge in [0.25, 0.3) is 0 Å². The maximum absolute atomic E-state index is 13.1. The molecule has 2 aromatic carbocycles. The number of ether oxygens (including phenoxy) is 2. The fourth-order valence-corrected chi connectivity index (χ4v) is 5.18. The van der Waals surface area contributed by atoms with E-state index < -0.39 is 11.9 Å². The van der Waals surface area contributed by atoms with Crippen molar-refractivity contribution in [1.82, 2.24) is 0 Å². The van der Waals surface area contributed by atoms with Gasteiger partial charge < -0.3 is 14.4 Å². The molecule has 3 aliphatic rings. The van der Waals surface area contributed by atoms with E-state index in [0.717, 1.165) is 0 Å². The molecule has 0 N–H and O–H groups in total. The van der Waals surface area contributed by atoms with Gasteiger partial charge in [-0.3, -0.25) is 19.2 Å². The van der Waals surface area contributed by atoms with E-state index in [9.17, 15) is 19.2 Å². The average Bonchev–Trinajstić information content (AvgIpc) is 3.37. The Bertz CT molecular complexity index is 1240. The van der Waals surface area contributed by atoms with Crippen LogP contribution in [0.4, 0.5) is 11.4 Å². The lowest BCUT2D eigenvalue weighted by Crippen LogP contribution is -2.31. The predicted molar refractivity (Wildman–Crippen MR) is 128 cm³/mol. The molecular weight excluding hydrogens is 448 g/mol. The van der Waals surface area contributed by atoms with Crippen LogP contribution in [0, 0.1) is 23.7 Å². The van der Waals surface area contributed by atoms with Gasteiger partial charge in [0.15, 0.2) is 0 Å². The number of benzene rings is 2. The van der Waals surface area contributed by atoms with Gasteiger partial charge in [-0.15, -0.1) is 0 Å². The number of carbonyl (C=O) groups excluding carboxylic acids is 4. The number of imide groups is 1. The summed E-state index contributed by atoms with van der Waals surface area (Å²) in [6.07, 6.45) is 4.51. The fraction of sp³-hybridized carbons (Fsp3) is 0.333. The van der Waals surface area contributed by atoms with Gasteiger partial charge in [0, 0.05) is 30.8 Å². The molecule has 2 heterocycles. The minimum absolute atomic E-state index is 0.0105. The Hall–Kier alpha value is -3.94. The van der Waals surface area contributed by atoms with Crippen LogP contribution in [0.15, 0.2) is 60.7 Å². The van der Waals surface area contributed by atoms with E-state index in [1.807, 2.05) is 19.1 Å². The highest BCUT2D eigenvalue weighted by Gasteiger charge is 2.50. The first-order chi connectivity index (χ1) is 16.9. The molecule has 3 amide bonds. The van der Waals surface area contributed by atoms with Crippen molar-refractivity contribution < 1.29 is 28.7 Å². The van der Waals surface area contributed by atoms with Crippen LogP contribution < -0.4 is 19.3 Å². The molecule has 1 aliphatic carbocycles. The summed E-state index contributed by atoms with van der Waals surface area (Å²) < 4.78 is 10.8. The zero-order valence-electron chi connectivity index (χ0n) is 19.5. The number of nitrogens with zero attached hydrogens (tertiary/aromatic N) is 2. The lowest BCUT2D eigenvalue weighted by Gasteiger charge is -2.22. The van der Waals surface area contributed by atoms with Crippen LogP contribution in [0.2, 0.25) is 0 Å². The summed E-state index contributed by atoms with van der Waals surface area (Å²) in [6, 6.07) is 13.5. The number of hydrogen-bond acceptors (Lipinski definition) is 6. The molecule has 0 aromatic heterocycles. The van der Waals surface area contributed by atoms with Crippen LogP contribution in [0.3, 0.4) is 0 Å². The number of allylic oxidation sites excluding steroid dienone is 2. The van der Waals surface area contributed by atoms with Crippen LogP contribution in [0.5, 0.6) is 11.5 Å². The van der Waals surface area contributed by atoms with Crippen molar-refractivity contribution >= 4 is 35.1 Å². The average molecular weight is 475 g/mol. The molecule has 180 valence electrons. The maximum Gasteiger partial charge on any atom is 0.316 e. The Morgan fingerprint density at radius 2 is 1.69 bits per heavy atom. The van der Waals surface area contributed by atoms with Crippen molar-refractivity contribution in [2.45, 2.75) is 19.8 Å². The van der Waals surface area contributed by atoms with Gasteiger partial charge in [-0.1, -0.05) is 31.2 Å². The predicted octanol–water partition coefficient (Wildman–Crippen LogP) is 3.36. The highest BCUT2D eigenvalue weighted by Crippen LogP contribution is 2.41. The van der Waals surface area contributed by atoms with Gasteiger partial charge in [-0.2, -0.15) is 0 Å². The summed E-state index contributed by atoms with van der Waals surface area (Å²) >= 11 is 0. The van der Waals surface area contributed by atoms with Crippen molar-refractivity contribution in [3.8, 4) is 11.5 Å². The van der Waals surface area contributed by atoms with Crippen LogP contribution >= 0.6 is 0 Å². The molecular formula is C27H26N2O6. The number of anilines is 2. The molecule has 2 aromatic rings. The number of carbonyl (C=O) groups is 4. The van der Waals surface area contributed by atoms with Crippen molar-refractivity contribution in [1.29, 1.82) is 0 Å². The Morgan fingerprint density at radius 1 is 0.971 bits per heavy atom. The van der Waals surface area contributed by atoms with E-state index in [4.69, 9.17) is 9.47 Å². The van der Waals surface area contributed by atoms with Crippen molar-refractivity contribution in [2.24, 2.45) is 23.7 Å². The van der Waals surface area contributed by atoms with Gasteiger partial charge in [-0.25, -0.2) is 4.90 Å². The molecule has 0 radical (unpaired) electrons. The molecule has 8 nitrogen and oxygen atoms in total. The number of amides is 3. The van der Waals surface area contributed by atoms with Crippen LogP contribution in [-0.4, -0.2) is 37.3 Å². The minimum Gasteiger partial charge on any atom is -0.497 e.